The molecule has 1 heterocycles. The predicted molar refractivity (Wildman–Crippen MR) is 74.3 cm³/mol. The van der Waals surface area contributed by atoms with Crippen LogP contribution in [0.3, 0.4) is 0 Å². The number of benzene rings is 1. The molecule has 0 radical (unpaired) electrons. The van der Waals surface area contributed by atoms with Crippen molar-refractivity contribution in [3.8, 4) is 0 Å². The normalized spacial score (nSPS) is 12.1. The zero-order valence-electron chi connectivity index (χ0n) is 10.8. The van der Waals surface area contributed by atoms with Crippen LogP contribution >= 0.6 is 0 Å². The minimum Gasteiger partial charge on any atom is -0.354 e. The minimum absolute atomic E-state index is 0.376. The number of aromatic nitrogens is 1. The number of nitrogens with one attached hydrogen (secondary N) is 1. The first kappa shape index (κ1) is 13.0. The standard InChI is InChI=1S/C14H15N3O2/c1-10-14(15-11(2)16-18)13(19-17-10)9-8-12-6-4-3-5-7-12/h3-9,18H,1-2H3,(H,15,16)/b9-8+. The Balaban J connectivity index is 2.29. The van der Waals surface area contributed by atoms with Gasteiger partial charge in [-0.1, -0.05) is 41.6 Å². The topological polar surface area (TPSA) is 70.7 Å². The molecule has 0 aliphatic rings. The molecular weight excluding hydrogens is 242 g/mol. The molecule has 2 rings (SSSR count). The zero-order chi connectivity index (χ0) is 13.7. The Morgan fingerprint density at radius 2 is 2.05 bits per heavy atom. The minimum atomic E-state index is 0.376. The van der Waals surface area contributed by atoms with Gasteiger partial charge in [0.05, 0.1) is 0 Å². The first-order valence-corrected chi connectivity index (χ1v) is 5.85. The second-order valence-corrected chi connectivity index (χ2v) is 4.03. The van der Waals surface area contributed by atoms with Crippen LogP contribution in [0.5, 0.6) is 0 Å². The highest BCUT2D eigenvalue weighted by Crippen LogP contribution is 2.25. The molecule has 2 N–H and O–H groups in total. The molecule has 2 aromatic rings. The van der Waals surface area contributed by atoms with E-state index in [1.54, 1.807) is 19.9 Å². The molecule has 1 aromatic heterocycles. The third kappa shape index (κ3) is 3.29. The van der Waals surface area contributed by atoms with E-state index in [-0.39, 0.29) is 0 Å². The van der Waals surface area contributed by atoms with Gasteiger partial charge in [0.2, 0.25) is 0 Å². The number of nitrogens with zero attached hydrogens (tertiary/aromatic N) is 2. The van der Waals surface area contributed by atoms with Gasteiger partial charge in [-0.2, -0.15) is 0 Å². The van der Waals surface area contributed by atoms with Crippen molar-refractivity contribution < 1.29 is 9.73 Å². The van der Waals surface area contributed by atoms with E-state index in [2.05, 4.69) is 10.1 Å². The molecule has 0 saturated heterocycles. The molecule has 0 aliphatic carbocycles. The summed E-state index contributed by atoms with van der Waals surface area (Å²) in [5, 5.41) is 12.6. The fourth-order valence-corrected chi connectivity index (χ4v) is 1.56. The van der Waals surface area contributed by atoms with Gasteiger partial charge in [-0.05, 0) is 25.5 Å². The van der Waals surface area contributed by atoms with Gasteiger partial charge in [-0.15, -0.1) is 0 Å². The van der Waals surface area contributed by atoms with Crippen molar-refractivity contribution in [1.82, 2.24) is 10.6 Å². The van der Waals surface area contributed by atoms with Crippen LogP contribution in [-0.4, -0.2) is 16.2 Å². The van der Waals surface area contributed by atoms with Gasteiger partial charge >= 0.3 is 0 Å². The van der Waals surface area contributed by atoms with Gasteiger partial charge in [-0.25, -0.2) is 4.99 Å². The summed E-state index contributed by atoms with van der Waals surface area (Å²) in [5.41, 5.74) is 4.32. The molecule has 0 spiro atoms. The maximum absolute atomic E-state index is 8.77. The first-order valence-electron chi connectivity index (χ1n) is 5.85. The molecule has 0 bridgehead atoms. The lowest BCUT2D eigenvalue weighted by Gasteiger charge is -1.96. The summed E-state index contributed by atoms with van der Waals surface area (Å²) in [5.74, 6) is 0.927. The number of hydrogen-bond acceptors (Lipinski definition) is 4. The molecule has 0 aliphatic heterocycles. The highest BCUT2D eigenvalue weighted by Gasteiger charge is 2.09. The highest BCUT2D eigenvalue weighted by atomic mass is 16.5. The molecule has 0 atom stereocenters. The Labute approximate surface area is 111 Å². The van der Waals surface area contributed by atoms with E-state index in [0.29, 0.717) is 23.0 Å². The van der Waals surface area contributed by atoms with Gasteiger partial charge < -0.3 is 4.52 Å². The second kappa shape index (κ2) is 5.97. The van der Waals surface area contributed by atoms with Crippen LogP contribution in [0.4, 0.5) is 5.69 Å². The fraction of sp³-hybridized carbons (Fsp3) is 0.143. The Kier molecular flexibility index (Phi) is 4.10. The fourth-order valence-electron chi connectivity index (χ4n) is 1.56. The molecule has 5 heteroatoms. The van der Waals surface area contributed by atoms with E-state index in [1.807, 2.05) is 41.9 Å². The third-order valence-electron chi connectivity index (χ3n) is 2.53. The van der Waals surface area contributed by atoms with Crippen molar-refractivity contribution >= 4 is 23.7 Å². The highest BCUT2D eigenvalue weighted by molar-refractivity contribution is 5.83. The number of rotatable bonds is 3. The number of amidine groups is 1. The zero-order valence-corrected chi connectivity index (χ0v) is 10.8. The van der Waals surface area contributed by atoms with Crippen molar-refractivity contribution in [2.45, 2.75) is 13.8 Å². The van der Waals surface area contributed by atoms with Crippen LogP contribution in [0.2, 0.25) is 0 Å². The van der Waals surface area contributed by atoms with Gasteiger partial charge in [-0.3, -0.25) is 10.7 Å². The van der Waals surface area contributed by atoms with E-state index < -0.39 is 0 Å². The number of aliphatic imine (C=N–C) groups is 1. The van der Waals surface area contributed by atoms with Crippen LogP contribution in [0.15, 0.2) is 39.8 Å². The Bertz CT molecular complexity index is 600. The van der Waals surface area contributed by atoms with Crippen molar-refractivity contribution in [3.05, 3.63) is 47.3 Å². The summed E-state index contributed by atoms with van der Waals surface area (Å²) in [7, 11) is 0. The maximum Gasteiger partial charge on any atom is 0.185 e. The lowest BCUT2D eigenvalue weighted by molar-refractivity contribution is 0.234. The van der Waals surface area contributed by atoms with Crippen molar-refractivity contribution in [3.63, 3.8) is 0 Å². The summed E-state index contributed by atoms with van der Waals surface area (Å²) in [6, 6.07) is 9.86. The SMILES string of the molecule is CC(=Nc1c(C)noc1/C=C/c1ccccc1)NO. The summed E-state index contributed by atoms with van der Waals surface area (Å²) >= 11 is 0. The van der Waals surface area contributed by atoms with E-state index in [0.717, 1.165) is 5.56 Å². The molecule has 0 amide bonds. The van der Waals surface area contributed by atoms with Crippen LogP contribution in [0.25, 0.3) is 12.2 Å². The average molecular weight is 257 g/mol. The van der Waals surface area contributed by atoms with Crippen LogP contribution in [0, 0.1) is 6.92 Å². The van der Waals surface area contributed by atoms with Crippen LogP contribution in [-0.2, 0) is 0 Å². The summed E-state index contributed by atoms with van der Waals surface area (Å²) in [6.07, 6.45) is 3.72. The molecular formula is C14H15N3O2. The second-order valence-electron chi connectivity index (χ2n) is 4.03. The molecule has 0 saturated carbocycles. The van der Waals surface area contributed by atoms with Crippen LogP contribution < -0.4 is 5.48 Å². The van der Waals surface area contributed by atoms with E-state index in [9.17, 15) is 0 Å². The number of hydrogen-bond donors (Lipinski definition) is 2. The monoisotopic (exact) mass is 257 g/mol. The quantitative estimate of drug-likeness (QED) is 0.503. The molecule has 1 aromatic carbocycles. The Morgan fingerprint density at radius 1 is 1.32 bits per heavy atom. The van der Waals surface area contributed by atoms with Gasteiger partial charge in [0, 0.05) is 0 Å². The summed E-state index contributed by atoms with van der Waals surface area (Å²) in [4.78, 5) is 4.20. The van der Waals surface area contributed by atoms with E-state index in [1.165, 1.54) is 0 Å². The summed E-state index contributed by atoms with van der Waals surface area (Å²) in [6.45, 7) is 3.45. The Hall–Kier alpha value is -2.40. The van der Waals surface area contributed by atoms with Crippen LogP contribution in [0.1, 0.15) is 23.9 Å². The molecule has 0 fully saturated rings. The maximum atomic E-state index is 8.77. The van der Waals surface area contributed by atoms with Crippen molar-refractivity contribution in [2.75, 3.05) is 0 Å². The smallest absolute Gasteiger partial charge is 0.185 e. The molecule has 19 heavy (non-hydrogen) atoms. The van der Waals surface area contributed by atoms with E-state index >= 15 is 0 Å². The lowest BCUT2D eigenvalue weighted by atomic mass is 10.2. The molecule has 98 valence electrons. The third-order valence-corrected chi connectivity index (χ3v) is 2.53. The average Bonchev–Trinajstić information content (AvgIpc) is 2.78. The number of aryl methyl sites for hydroxylation is 1. The molecule has 0 unspecified atom stereocenters. The van der Waals surface area contributed by atoms with Gasteiger partial charge in [0.1, 0.15) is 17.2 Å². The van der Waals surface area contributed by atoms with E-state index in [4.69, 9.17) is 9.73 Å². The summed E-state index contributed by atoms with van der Waals surface area (Å²) < 4.78 is 5.21. The Morgan fingerprint density at radius 3 is 2.74 bits per heavy atom. The van der Waals surface area contributed by atoms with Crippen molar-refractivity contribution in [1.29, 1.82) is 0 Å². The lowest BCUT2D eigenvalue weighted by Crippen LogP contribution is -2.13. The predicted octanol–water partition coefficient (Wildman–Crippen LogP) is 3.18. The van der Waals surface area contributed by atoms with Gasteiger partial charge in [0.15, 0.2) is 5.76 Å². The van der Waals surface area contributed by atoms with Crippen molar-refractivity contribution in [2.24, 2.45) is 4.99 Å². The largest absolute Gasteiger partial charge is 0.354 e. The number of hydroxylamine groups is 1. The molecule has 5 nitrogen and oxygen atoms in total. The van der Waals surface area contributed by atoms with Gasteiger partial charge in [0.25, 0.3) is 0 Å². The first-order chi connectivity index (χ1) is 9.20.